The molecule has 0 atom stereocenters. The summed E-state index contributed by atoms with van der Waals surface area (Å²) in [5.41, 5.74) is 9.47. The molecule has 2 fully saturated rings. The summed E-state index contributed by atoms with van der Waals surface area (Å²) >= 11 is 0. The van der Waals surface area contributed by atoms with Gasteiger partial charge in [0, 0.05) is 30.8 Å². The number of hydrogen-bond acceptors (Lipinski definition) is 2. The number of piperidine rings is 1. The maximum absolute atomic E-state index is 12.9. The Morgan fingerprint density at radius 3 is 2.55 bits per heavy atom. The van der Waals surface area contributed by atoms with Crippen molar-refractivity contribution in [1.29, 1.82) is 0 Å². The quantitative estimate of drug-likeness (QED) is 0.683. The zero-order chi connectivity index (χ0) is 19.8. The number of pyridine rings is 1. The van der Waals surface area contributed by atoms with E-state index < -0.39 is 0 Å². The highest BCUT2D eigenvalue weighted by molar-refractivity contribution is 5.85. The number of fused-ring (bicyclic) bond motifs is 2. The Morgan fingerprint density at radius 1 is 1.00 bits per heavy atom. The van der Waals surface area contributed by atoms with Crippen molar-refractivity contribution < 1.29 is 4.79 Å². The van der Waals surface area contributed by atoms with E-state index in [1.807, 2.05) is 6.20 Å². The van der Waals surface area contributed by atoms with Gasteiger partial charge in [-0.25, -0.2) is 0 Å². The average molecular weight is 387 g/mol. The second kappa shape index (κ2) is 7.78. The maximum atomic E-state index is 12.9. The molecule has 5 rings (SSSR count). The van der Waals surface area contributed by atoms with E-state index in [4.69, 9.17) is 4.98 Å². The van der Waals surface area contributed by atoms with Crippen LogP contribution in [0.2, 0.25) is 0 Å². The average Bonchev–Trinajstić information content (AvgIpc) is 3.24. The van der Waals surface area contributed by atoms with Gasteiger partial charge in [-0.2, -0.15) is 0 Å². The van der Waals surface area contributed by atoms with E-state index in [1.165, 1.54) is 51.9 Å². The van der Waals surface area contributed by atoms with Crippen LogP contribution in [0.4, 0.5) is 0 Å². The number of amides is 1. The lowest BCUT2D eigenvalue weighted by atomic mass is 9.88. The van der Waals surface area contributed by atoms with Crippen LogP contribution in [0.3, 0.4) is 0 Å². The number of carbonyl (C=O) groups is 1. The van der Waals surface area contributed by atoms with Crippen LogP contribution in [0.15, 0.2) is 42.1 Å². The molecule has 1 aromatic carbocycles. The van der Waals surface area contributed by atoms with Crippen molar-refractivity contribution in [1.82, 2.24) is 9.88 Å². The summed E-state index contributed by atoms with van der Waals surface area (Å²) in [4.78, 5) is 19.8. The van der Waals surface area contributed by atoms with Gasteiger partial charge in [0.05, 0.1) is 5.69 Å². The second-order valence-electron chi connectivity index (χ2n) is 8.96. The smallest absolute Gasteiger partial charge is 0.225 e. The summed E-state index contributed by atoms with van der Waals surface area (Å²) in [6.07, 6.45) is 10.6. The van der Waals surface area contributed by atoms with Gasteiger partial charge in [0.25, 0.3) is 0 Å². The van der Waals surface area contributed by atoms with Crippen LogP contribution >= 0.6 is 0 Å². The van der Waals surface area contributed by atoms with Gasteiger partial charge in [0.15, 0.2) is 0 Å². The van der Waals surface area contributed by atoms with Crippen molar-refractivity contribution in [3.63, 3.8) is 0 Å². The molecule has 3 nitrogen and oxygen atoms in total. The molecular weight excluding hydrogens is 356 g/mol. The Bertz CT molecular complexity index is 958. The summed E-state index contributed by atoms with van der Waals surface area (Å²) in [7, 11) is 0. The first kappa shape index (κ1) is 18.6. The van der Waals surface area contributed by atoms with Gasteiger partial charge in [-0.3, -0.25) is 9.78 Å². The molecule has 1 amide bonds. The molecule has 0 spiro atoms. The SMILES string of the molecule is Cc1ccc2c(c1)CCc1cccnc1C2=C1CCN(C(=O)C2CCCC2)CC1. The molecular formula is C26H30N2O. The Balaban J connectivity index is 1.50. The van der Waals surface area contributed by atoms with Crippen molar-refractivity contribution in [3.8, 4) is 0 Å². The fourth-order valence-electron chi connectivity index (χ4n) is 5.47. The molecule has 3 aliphatic rings. The molecule has 2 aliphatic carbocycles. The lowest BCUT2D eigenvalue weighted by Crippen LogP contribution is -2.39. The standard InChI is InChI=1S/C26H30N2O/c1-18-8-11-23-22(17-18)10-9-20-7-4-14-27-25(20)24(23)19-12-15-28(16-13-19)26(29)21-5-2-3-6-21/h4,7-8,11,14,17,21H,2-3,5-6,9-10,12-13,15-16H2,1H3. The molecule has 2 aromatic rings. The van der Waals surface area contributed by atoms with Gasteiger partial charge in [-0.15, -0.1) is 0 Å². The number of aromatic nitrogens is 1. The number of nitrogens with zero attached hydrogens (tertiary/aromatic N) is 2. The number of hydrogen-bond donors (Lipinski definition) is 0. The van der Waals surface area contributed by atoms with Crippen LogP contribution < -0.4 is 0 Å². The first-order valence-corrected chi connectivity index (χ1v) is 11.3. The molecule has 1 aliphatic heterocycles. The summed E-state index contributed by atoms with van der Waals surface area (Å²) in [5, 5.41) is 0. The molecule has 0 N–H and O–H groups in total. The fourth-order valence-corrected chi connectivity index (χ4v) is 5.47. The molecule has 0 radical (unpaired) electrons. The van der Waals surface area contributed by atoms with Crippen molar-refractivity contribution in [2.45, 2.75) is 58.3 Å². The van der Waals surface area contributed by atoms with Crippen LogP contribution in [0.5, 0.6) is 0 Å². The molecule has 150 valence electrons. The predicted molar refractivity (Wildman–Crippen MR) is 117 cm³/mol. The van der Waals surface area contributed by atoms with Crippen molar-refractivity contribution in [2.24, 2.45) is 5.92 Å². The van der Waals surface area contributed by atoms with Crippen LogP contribution in [-0.2, 0) is 17.6 Å². The minimum atomic E-state index is 0.285. The Kier molecular flexibility index (Phi) is 4.99. The topological polar surface area (TPSA) is 33.2 Å². The largest absolute Gasteiger partial charge is 0.342 e. The number of benzene rings is 1. The lowest BCUT2D eigenvalue weighted by molar-refractivity contribution is -0.135. The zero-order valence-electron chi connectivity index (χ0n) is 17.4. The minimum Gasteiger partial charge on any atom is -0.342 e. The molecule has 0 unspecified atom stereocenters. The first-order valence-electron chi connectivity index (χ1n) is 11.3. The molecule has 3 heteroatoms. The molecule has 1 saturated heterocycles. The van der Waals surface area contributed by atoms with Gasteiger partial charge >= 0.3 is 0 Å². The van der Waals surface area contributed by atoms with E-state index in [0.717, 1.165) is 51.6 Å². The highest BCUT2D eigenvalue weighted by Crippen LogP contribution is 2.38. The molecule has 0 bridgehead atoms. The number of likely N-dealkylation sites (tertiary alicyclic amines) is 1. The van der Waals surface area contributed by atoms with E-state index in [-0.39, 0.29) is 5.92 Å². The van der Waals surface area contributed by atoms with Crippen molar-refractivity contribution >= 4 is 11.5 Å². The van der Waals surface area contributed by atoms with Crippen molar-refractivity contribution in [2.75, 3.05) is 13.1 Å². The minimum absolute atomic E-state index is 0.285. The van der Waals surface area contributed by atoms with Crippen LogP contribution in [0.1, 0.15) is 66.5 Å². The highest BCUT2D eigenvalue weighted by atomic mass is 16.2. The van der Waals surface area contributed by atoms with Gasteiger partial charge in [0.2, 0.25) is 5.91 Å². The third-order valence-corrected chi connectivity index (χ3v) is 7.06. The molecule has 1 saturated carbocycles. The van der Waals surface area contributed by atoms with Crippen LogP contribution in [-0.4, -0.2) is 28.9 Å². The summed E-state index contributed by atoms with van der Waals surface area (Å²) in [6.45, 7) is 3.89. The van der Waals surface area contributed by atoms with Crippen LogP contribution in [0.25, 0.3) is 5.57 Å². The monoisotopic (exact) mass is 386 g/mol. The third-order valence-electron chi connectivity index (χ3n) is 7.06. The summed E-state index contributed by atoms with van der Waals surface area (Å²) in [5.74, 6) is 0.690. The van der Waals surface area contributed by atoms with E-state index in [2.05, 4.69) is 42.2 Å². The van der Waals surface area contributed by atoms with E-state index in [1.54, 1.807) is 0 Å². The van der Waals surface area contributed by atoms with Crippen molar-refractivity contribution in [3.05, 3.63) is 70.0 Å². The maximum Gasteiger partial charge on any atom is 0.225 e. The second-order valence-corrected chi connectivity index (χ2v) is 8.96. The molecule has 29 heavy (non-hydrogen) atoms. The molecule has 1 aromatic heterocycles. The molecule has 2 heterocycles. The van der Waals surface area contributed by atoms with E-state index in [9.17, 15) is 4.79 Å². The van der Waals surface area contributed by atoms with Gasteiger partial charge in [-0.1, -0.05) is 48.2 Å². The van der Waals surface area contributed by atoms with Gasteiger partial charge in [-0.05, 0) is 68.2 Å². The van der Waals surface area contributed by atoms with Crippen LogP contribution in [0, 0.1) is 12.8 Å². The van der Waals surface area contributed by atoms with E-state index >= 15 is 0 Å². The third kappa shape index (κ3) is 3.52. The first-order chi connectivity index (χ1) is 14.2. The number of carbonyl (C=O) groups excluding carboxylic acids is 1. The summed E-state index contributed by atoms with van der Waals surface area (Å²) < 4.78 is 0. The van der Waals surface area contributed by atoms with Gasteiger partial charge in [0.1, 0.15) is 0 Å². The fraction of sp³-hybridized carbons (Fsp3) is 0.462. The predicted octanol–water partition coefficient (Wildman–Crippen LogP) is 5.10. The Morgan fingerprint density at radius 2 is 1.76 bits per heavy atom. The number of aryl methyl sites for hydroxylation is 3. The lowest BCUT2D eigenvalue weighted by Gasteiger charge is -2.32. The van der Waals surface area contributed by atoms with E-state index in [0.29, 0.717) is 5.91 Å². The number of rotatable bonds is 1. The zero-order valence-corrected chi connectivity index (χ0v) is 17.4. The normalized spacial score (nSPS) is 19.7. The Labute approximate surface area is 173 Å². The highest BCUT2D eigenvalue weighted by Gasteiger charge is 2.30. The Hall–Kier alpha value is -2.42. The van der Waals surface area contributed by atoms with Gasteiger partial charge < -0.3 is 4.90 Å². The summed E-state index contributed by atoms with van der Waals surface area (Å²) in [6, 6.07) is 11.2.